The van der Waals surface area contributed by atoms with Gasteiger partial charge in [-0.25, -0.2) is 0 Å². The van der Waals surface area contributed by atoms with Crippen molar-refractivity contribution in [2.75, 3.05) is 33.3 Å². The molecule has 23 heavy (non-hydrogen) atoms. The molecule has 1 aromatic carbocycles. The van der Waals surface area contributed by atoms with Gasteiger partial charge in [-0.15, -0.1) is 31.4 Å². The van der Waals surface area contributed by atoms with Crippen LogP contribution in [-0.4, -0.2) is 43.1 Å². The third kappa shape index (κ3) is 5.35. The van der Waals surface area contributed by atoms with Gasteiger partial charge in [-0.2, -0.15) is 0 Å². The Morgan fingerprint density at radius 1 is 1.43 bits per heavy atom. The average Bonchev–Trinajstić information content (AvgIpc) is 2.52. The molecule has 1 atom stereocenters. The summed E-state index contributed by atoms with van der Waals surface area (Å²) in [7, 11) is 1.44. The van der Waals surface area contributed by atoms with E-state index in [1.54, 1.807) is 12.1 Å². The summed E-state index contributed by atoms with van der Waals surface area (Å²) in [5, 5.41) is 14.5. The number of piperazine rings is 1. The lowest BCUT2D eigenvalue weighted by molar-refractivity contribution is -0.385. The predicted octanol–water partition coefficient (Wildman–Crippen LogP) is 2.97. The highest BCUT2D eigenvalue weighted by Crippen LogP contribution is 2.33. The molecule has 6 nitrogen and oxygen atoms in total. The van der Waals surface area contributed by atoms with E-state index in [2.05, 4.69) is 16.8 Å². The Kier molecular flexibility index (Phi) is 9.83. The molecule has 0 unspecified atom stereocenters. The molecule has 1 fully saturated rings. The van der Waals surface area contributed by atoms with Crippen molar-refractivity contribution in [1.82, 2.24) is 10.2 Å². The van der Waals surface area contributed by atoms with Gasteiger partial charge in [0, 0.05) is 38.3 Å². The first-order chi connectivity index (χ1) is 10.2. The summed E-state index contributed by atoms with van der Waals surface area (Å²) in [6.45, 7) is 7.54. The maximum atomic E-state index is 11.2. The smallest absolute Gasteiger partial charge is 0.311 e. The van der Waals surface area contributed by atoms with Gasteiger partial charge in [0.25, 0.3) is 0 Å². The average molecular weight is 364 g/mol. The van der Waals surface area contributed by atoms with Crippen LogP contribution >= 0.6 is 24.8 Å². The first-order valence-corrected chi connectivity index (χ1v) is 7.05. The molecule has 130 valence electrons. The number of halogens is 2. The Morgan fingerprint density at radius 3 is 2.61 bits per heavy atom. The van der Waals surface area contributed by atoms with Crippen LogP contribution in [-0.2, 0) is 0 Å². The standard InChI is InChI=1S/C15H21N3O3.2ClH/c1-3-4-13(17-9-7-16-8-10-17)12-5-6-15(21-2)14(11-12)18(19)20;;/h3,5-6,11,13,16H,1,4,7-10H2,2H3;2*1H/t13-;;/m0../s1. The van der Waals surface area contributed by atoms with E-state index in [1.807, 2.05) is 12.1 Å². The molecule has 1 saturated heterocycles. The highest BCUT2D eigenvalue weighted by molar-refractivity contribution is 5.85. The molecular weight excluding hydrogens is 341 g/mol. The topological polar surface area (TPSA) is 67.6 Å². The first kappa shape index (κ1) is 21.7. The number of ether oxygens (including phenoxy) is 1. The number of hydrogen-bond acceptors (Lipinski definition) is 5. The minimum absolute atomic E-state index is 0. The molecule has 0 saturated carbocycles. The van der Waals surface area contributed by atoms with Crippen molar-refractivity contribution in [2.24, 2.45) is 0 Å². The lowest BCUT2D eigenvalue weighted by Gasteiger charge is -2.34. The van der Waals surface area contributed by atoms with Crippen LogP contribution in [0.15, 0.2) is 30.9 Å². The van der Waals surface area contributed by atoms with Gasteiger partial charge in [-0.1, -0.05) is 12.1 Å². The number of rotatable bonds is 6. The van der Waals surface area contributed by atoms with Gasteiger partial charge in [-0.05, 0) is 18.1 Å². The van der Waals surface area contributed by atoms with Crippen LogP contribution in [0, 0.1) is 10.1 Å². The van der Waals surface area contributed by atoms with E-state index in [0.717, 1.165) is 38.2 Å². The van der Waals surface area contributed by atoms with Crippen LogP contribution < -0.4 is 10.1 Å². The molecule has 8 heteroatoms. The molecule has 0 radical (unpaired) electrons. The number of nitro groups is 1. The van der Waals surface area contributed by atoms with Crippen LogP contribution in [0.4, 0.5) is 5.69 Å². The summed E-state index contributed by atoms with van der Waals surface area (Å²) in [6, 6.07) is 5.32. The van der Waals surface area contributed by atoms with Crippen molar-refractivity contribution in [3.63, 3.8) is 0 Å². The molecule has 0 amide bonds. The normalized spacial score (nSPS) is 15.7. The maximum absolute atomic E-state index is 11.2. The zero-order valence-corrected chi connectivity index (χ0v) is 14.7. The van der Waals surface area contributed by atoms with Gasteiger partial charge in [0.1, 0.15) is 0 Å². The Morgan fingerprint density at radius 2 is 2.09 bits per heavy atom. The molecule has 2 rings (SSSR count). The highest BCUT2D eigenvalue weighted by Gasteiger charge is 2.24. The first-order valence-electron chi connectivity index (χ1n) is 7.05. The fourth-order valence-corrected chi connectivity index (χ4v) is 2.70. The van der Waals surface area contributed by atoms with Crippen LogP contribution in [0.5, 0.6) is 5.75 Å². The molecule has 0 bridgehead atoms. The quantitative estimate of drug-likeness (QED) is 0.478. The second-order valence-electron chi connectivity index (χ2n) is 5.01. The largest absolute Gasteiger partial charge is 0.490 e. The Labute approximate surface area is 148 Å². The lowest BCUT2D eigenvalue weighted by Crippen LogP contribution is -2.45. The van der Waals surface area contributed by atoms with Crippen molar-refractivity contribution < 1.29 is 9.66 Å². The number of nitro benzene ring substituents is 1. The van der Waals surface area contributed by atoms with E-state index in [1.165, 1.54) is 7.11 Å². The molecule has 0 aromatic heterocycles. The summed E-state index contributed by atoms with van der Waals surface area (Å²) < 4.78 is 5.06. The van der Waals surface area contributed by atoms with E-state index < -0.39 is 4.92 Å². The summed E-state index contributed by atoms with van der Waals surface area (Å²) in [4.78, 5) is 13.1. The lowest BCUT2D eigenvalue weighted by atomic mass is 10.00. The number of methoxy groups -OCH3 is 1. The molecule has 1 aliphatic rings. The fourth-order valence-electron chi connectivity index (χ4n) is 2.70. The summed E-state index contributed by atoms with van der Waals surface area (Å²) in [5.41, 5.74) is 0.948. The SMILES string of the molecule is C=CC[C@@H](c1ccc(OC)c([N+](=O)[O-])c1)N1CCNCC1.Cl.Cl. The molecule has 1 aromatic rings. The molecule has 1 aliphatic heterocycles. The Hall–Kier alpha value is -1.34. The van der Waals surface area contributed by atoms with Gasteiger partial charge in [0.15, 0.2) is 5.75 Å². The zero-order valence-electron chi connectivity index (χ0n) is 13.1. The number of hydrogen-bond donors (Lipinski definition) is 1. The van der Waals surface area contributed by atoms with Crippen molar-refractivity contribution in [3.8, 4) is 5.75 Å². The summed E-state index contributed by atoms with van der Waals surface area (Å²) in [6.07, 6.45) is 2.63. The monoisotopic (exact) mass is 363 g/mol. The zero-order chi connectivity index (χ0) is 15.2. The second kappa shape index (κ2) is 10.4. The minimum Gasteiger partial charge on any atom is -0.490 e. The molecular formula is C15H23Cl2N3O3. The Bertz CT molecular complexity index is 523. The van der Waals surface area contributed by atoms with Crippen LogP contribution in [0.1, 0.15) is 18.0 Å². The predicted molar refractivity (Wildman–Crippen MR) is 96.1 cm³/mol. The molecule has 0 aliphatic carbocycles. The van der Waals surface area contributed by atoms with E-state index >= 15 is 0 Å². The van der Waals surface area contributed by atoms with Crippen LogP contribution in [0.2, 0.25) is 0 Å². The maximum Gasteiger partial charge on any atom is 0.311 e. The second-order valence-corrected chi connectivity index (χ2v) is 5.01. The van der Waals surface area contributed by atoms with Crippen molar-refractivity contribution in [1.29, 1.82) is 0 Å². The molecule has 0 spiro atoms. The number of nitrogens with zero attached hydrogens (tertiary/aromatic N) is 2. The number of benzene rings is 1. The van der Waals surface area contributed by atoms with Crippen LogP contribution in [0.3, 0.4) is 0 Å². The Balaban J connectivity index is 0.00000242. The summed E-state index contributed by atoms with van der Waals surface area (Å²) >= 11 is 0. The molecule has 1 N–H and O–H groups in total. The van der Waals surface area contributed by atoms with Crippen molar-refractivity contribution >= 4 is 30.5 Å². The van der Waals surface area contributed by atoms with Crippen LogP contribution in [0.25, 0.3) is 0 Å². The van der Waals surface area contributed by atoms with Gasteiger partial charge in [0.2, 0.25) is 0 Å². The van der Waals surface area contributed by atoms with E-state index in [0.29, 0.717) is 5.75 Å². The van der Waals surface area contributed by atoms with E-state index in [-0.39, 0.29) is 36.5 Å². The fraction of sp³-hybridized carbons (Fsp3) is 0.467. The van der Waals surface area contributed by atoms with Gasteiger partial charge >= 0.3 is 5.69 Å². The van der Waals surface area contributed by atoms with Gasteiger partial charge in [-0.3, -0.25) is 15.0 Å². The van der Waals surface area contributed by atoms with Gasteiger partial charge < -0.3 is 10.1 Å². The third-order valence-electron chi connectivity index (χ3n) is 3.77. The van der Waals surface area contributed by atoms with Crippen molar-refractivity contribution in [2.45, 2.75) is 12.5 Å². The third-order valence-corrected chi connectivity index (χ3v) is 3.77. The van der Waals surface area contributed by atoms with E-state index in [4.69, 9.17) is 4.74 Å². The number of nitrogens with one attached hydrogen (secondary N) is 1. The van der Waals surface area contributed by atoms with E-state index in [9.17, 15) is 10.1 Å². The van der Waals surface area contributed by atoms with Gasteiger partial charge in [0.05, 0.1) is 12.0 Å². The molecule has 1 heterocycles. The minimum atomic E-state index is -0.398. The summed E-state index contributed by atoms with van der Waals surface area (Å²) in [5.74, 6) is 0.293. The van der Waals surface area contributed by atoms with Crippen molar-refractivity contribution in [3.05, 3.63) is 46.5 Å². The highest BCUT2D eigenvalue weighted by atomic mass is 35.5.